The van der Waals surface area contributed by atoms with Gasteiger partial charge < -0.3 is 14.6 Å². The van der Waals surface area contributed by atoms with Gasteiger partial charge in [-0.15, -0.1) is 0 Å². The number of esters is 1. The second kappa shape index (κ2) is 5.56. The molecule has 0 unspecified atom stereocenters. The number of rotatable bonds is 4. The van der Waals surface area contributed by atoms with E-state index in [-0.39, 0.29) is 5.91 Å². The molecule has 0 aliphatic rings. The largest absolute Gasteiger partial charge is 0.467 e. The van der Waals surface area contributed by atoms with Gasteiger partial charge in [0.25, 0.3) is 5.91 Å². The lowest BCUT2D eigenvalue weighted by Gasteiger charge is -2.23. The van der Waals surface area contributed by atoms with Crippen LogP contribution in [0, 0.1) is 0 Å². The minimum absolute atomic E-state index is 0.307. The molecule has 1 aromatic rings. The first kappa shape index (κ1) is 14.8. The van der Waals surface area contributed by atoms with E-state index in [1.165, 1.54) is 7.11 Å². The molecule has 1 rings (SSSR count). The predicted octanol–water partition coefficient (Wildman–Crippen LogP) is 1.95. The van der Waals surface area contributed by atoms with Crippen LogP contribution in [0.1, 0.15) is 31.3 Å². The summed E-state index contributed by atoms with van der Waals surface area (Å²) in [7, 11) is 1.29. The maximum Gasteiger partial charge on any atom is 0.330 e. The number of methoxy groups -OCH3 is 1. The van der Waals surface area contributed by atoms with Crippen molar-refractivity contribution in [3.63, 3.8) is 0 Å². The van der Waals surface area contributed by atoms with Gasteiger partial charge in [-0.1, -0.05) is 0 Å². The first-order chi connectivity index (χ1) is 8.31. The number of carbonyl (C=O) groups is 2. The molecule has 0 aliphatic heterocycles. The Morgan fingerprint density at radius 2 is 2.11 bits per heavy atom. The molecule has 0 atom stereocenters. The van der Waals surface area contributed by atoms with E-state index in [1.54, 1.807) is 24.5 Å². The molecule has 5 nitrogen and oxygen atoms in total. The van der Waals surface area contributed by atoms with Crippen molar-refractivity contribution in [2.75, 3.05) is 7.11 Å². The van der Waals surface area contributed by atoms with Crippen LogP contribution in [-0.4, -0.2) is 29.1 Å². The molecule has 100 valence electrons. The summed E-state index contributed by atoms with van der Waals surface area (Å²) in [6.45, 7) is 5.82. The molecule has 1 N–H and O–H groups in total. The maximum atomic E-state index is 12.1. The highest BCUT2D eigenvalue weighted by Crippen LogP contribution is 2.16. The second-order valence-electron chi connectivity index (χ2n) is 4.40. The van der Waals surface area contributed by atoms with Crippen LogP contribution in [0.15, 0.2) is 16.7 Å². The molecule has 0 fully saturated rings. The van der Waals surface area contributed by atoms with Gasteiger partial charge in [0, 0.05) is 17.2 Å². The van der Waals surface area contributed by atoms with Crippen LogP contribution >= 0.6 is 15.9 Å². The van der Waals surface area contributed by atoms with Crippen molar-refractivity contribution >= 4 is 27.8 Å². The number of hydrogen-bond donors (Lipinski definition) is 1. The van der Waals surface area contributed by atoms with Gasteiger partial charge in [-0.25, -0.2) is 4.79 Å². The highest BCUT2D eigenvalue weighted by atomic mass is 79.9. The van der Waals surface area contributed by atoms with Crippen LogP contribution in [0.25, 0.3) is 0 Å². The number of nitrogens with one attached hydrogen (secondary N) is 1. The highest BCUT2D eigenvalue weighted by molar-refractivity contribution is 9.10. The van der Waals surface area contributed by atoms with Crippen LogP contribution in [0.3, 0.4) is 0 Å². The molecular weight excluding hydrogens is 300 g/mol. The van der Waals surface area contributed by atoms with Gasteiger partial charge in [-0.05, 0) is 42.8 Å². The minimum atomic E-state index is -1.05. The summed E-state index contributed by atoms with van der Waals surface area (Å²) in [6.07, 6.45) is 1.82. The van der Waals surface area contributed by atoms with Gasteiger partial charge in [0.2, 0.25) is 0 Å². The first-order valence-electron chi connectivity index (χ1n) is 5.58. The molecule has 0 radical (unpaired) electrons. The highest BCUT2D eigenvalue weighted by Gasteiger charge is 2.31. The van der Waals surface area contributed by atoms with Crippen molar-refractivity contribution in [3.05, 3.63) is 22.4 Å². The molecule has 18 heavy (non-hydrogen) atoms. The summed E-state index contributed by atoms with van der Waals surface area (Å²) in [6, 6.07) is 1.71. The number of hydrogen-bond acceptors (Lipinski definition) is 3. The second-order valence-corrected chi connectivity index (χ2v) is 5.32. The van der Waals surface area contributed by atoms with Gasteiger partial charge in [0.1, 0.15) is 11.2 Å². The average molecular weight is 317 g/mol. The molecule has 0 bridgehead atoms. The number of aryl methyl sites for hydroxylation is 1. The van der Waals surface area contributed by atoms with Crippen LogP contribution in [0.4, 0.5) is 0 Å². The fourth-order valence-corrected chi connectivity index (χ4v) is 2.04. The normalized spacial score (nSPS) is 11.2. The summed E-state index contributed by atoms with van der Waals surface area (Å²) in [5.74, 6) is -0.789. The van der Waals surface area contributed by atoms with Gasteiger partial charge in [-0.2, -0.15) is 0 Å². The molecule has 6 heteroatoms. The minimum Gasteiger partial charge on any atom is -0.467 e. The Balaban J connectivity index is 2.91. The third-order valence-corrected chi connectivity index (χ3v) is 2.99. The molecule has 0 spiro atoms. The standard InChI is InChI=1S/C12H17BrN2O3/c1-5-15-7-8(13)6-9(15)10(16)14-12(2,3)11(17)18-4/h6-7H,5H2,1-4H3,(H,14,16). The fraction of sp³-hybridized carbons (Fsp3) is 0.500. The van der Waals surface area contributed by atoms with Crippen LogP contribution in [-0.2, 0) is 16.1 Å². The summed E-state index contributed by atoms with van der Waals surface area (Å²) < 4.78 is 7.27. The van der Waals surface area contributed by atoms with E-state index >= 15 is 0 Å². The Morgan fingerprint density at radius 3 is 2.61 bits per heavy atom. The summed E-state index contributed by atoms with van der Waals surface area (Å²) in [4.78, 5) is 23.6. The van der Waals surface area contributed by atoms with Crippen molar-refractivity contribution in [1.29, 1.82) is 0 Å². The van der Waals surface area contributed by atoms with E-state index in [2.05, 4.69) is 26.0 Å². The Morgan fingerprint density at radius 1 is 1.50 bits per heavy atom. The van der Waals surface area contributed by atoms with E-state index in [4.69, 9.17) is 0 Å². The molecule has 1 heterocycles. The Hall–Kier alpha value is -1.30. The van der Waals surface area contributed by atoms with Crippen molar-refractivity contribution < 1.29 is 14.3 Å². The molecule has 0 saturated carbocycles. The smallest absolute Gasteiger partial charge is 0.330 e. The monoisotopic (exact) mass is 316 g/mol. The summed E-state index contributed by atoms with van der Waals surface area (Å²) in [5, 5.41) is 2.66. The first-order valence-corrected chi connectivity index (χ1v) is 6.37. The molecular formula is C12H17BrN2O3. The van der Waals surface area contributed by atoms with E-state index in [0.29, 0.717) is 12.2 Å². The number of ether oxygens (including phenoxy) is 1. The van der Waals surface area contributed by atoms with E-state index in [0.717, 1.165) is 4.47 Å². The number of amides is 1. The average Bonchev–Trinajstić information content (AvgIpc) is 2.68. The number of nitrogens with zero attached hydrogens (tertiary/aromatic N) is 1. The van der Waals surface area contributed by atoms with Crippen molar-refractivity contribution in [2.45, 2.75) is 32.9 Å². The zero-order valence-electron chi connectivity index (χ0n) is 10.9. The third-order valence-electron chi connectivity index (χ3n) is 2.56. The van der Waals surface area contributed by atoms with E-state index < -0.39 is 11.5 Å². The molecule has 1 aromatic heterocycles. The lowest BCUT2D eigenvalue weighted by Crippen LogP contribution is -2.50. The van der Waals surface area contributed by atoms with E-state index in [9.17, 15) is 9.59 Å². The number of aromatic nitrogens is 1. The molecule has 0 saturated heterocycles. The van der Waals surface area contributed by atoms with Crippen LogP contribution in [0.2, 0.25) is 0 Å². The molecule has 0 aromatic carbocycles. The van der Waals surface area contributed by atoms with Crippen molar-refractivity contribution in [3.8, 4) is 0 Å². The van der Waals surface area contributed by atoms with Crippen LogP contribution < -0.4 is 5.32 Å². The third kappa shape index (κ3) is 3.13. The maximum absolute atomic E-state index is 12.1. The van der Waals surface area contributed by atoms with Gasteiger partial charge in [-0.3, -0.25) is 4.79 Å². The summed E-state index contributed by atoms with van der Waals surface area (Å²) >= 11 is 3.32. The Labute approximate surface area is 115 Å². The topological polar surface area (TPSA) is 60.3 Å². The fourth-order valence-electron chi connectivity index (χ4n) is 1.58. The quantitative estimate of drug-likeness (QED) is 0.864. The number of halogens is 1. The van der Waals surface area contributed by atoms with Gasteiger partial charge in [0.15, 0.2) is 0 Å². The van der Waals surface area contributed by atoms with Crippen LogP contribution in [0.5, 0.6) is 0 Å². The molecule has 1 amide bonds. The lowest BCUT2D eigenvalue weighted by molar-refractivity contribution is -0.146. The Kier molecular flexibility index (Phi) is 4.56. The van der Waals surface area contributed by atoms with Crippen molar-refractivity contribution in [1.82, 2.24) is 9.88 Å². The van der Waals surface area contributed by atoms with Gasteiger partial charge >= 0.3 is 5.97 Å². The summed E-state index contributed by atoms with van der Waals surface area (Å²) in [5.41, 5.74) is -0.553. The van der Waals surface area contributed by atoms with Crippen molar-refractivity contribution in [2.24, 2.45) is 0 Å². The zero-order valence-corrected chi connectivity index (χ0v) is 12.5. The van der Waals surface area contributed by atoms with Gasteiger partial charge in [0.05, 0.1) is 7.11 Å². The SMILES string of the molecule is CCn1cc(Br)cc1C(=O)NC(C)(C)C(=O)OC. The zero-order chi connectivity index (χ0) is 13.9. The lowest BCUT2D eigenvalue weighted by atomic mass is 10.1. The Bertz CT molecular complexity index is 466. The number of carbonyl (C=O) groups excluding carboxylic acids is 2. The predicted molar refractivity (Wildman–Crippen MR) is 71.4 cm³/mol. The van der Waals surface area contributed by atoms with E-state index in [1.807, 2.05) is 13.1 Å². The molecule has 0 aliphatic carbocycles.